The van der Waals surface area contributed by atoms with Crippen molar-refractivity contribution in [2.75, 3.05) is 20.3 Å². The van der Waals surface area contributed by atoms with Crippen LogP contribution < -0.4 is 5.32 Å². The van der Waals surface area contributed by atoms with E-state index in [1.165, 1.54) is 11.3 Å². The van der Waals surface area contributed by atoms with Gasteiger partial charge in [-0.3, -0.25) is 4.79 Å². The fourth-order valence-corrected chi connectivity index (χ4v) is 2.42. The van der Waals surface area contributed by atoms with Gasteiger partial charge in [0, 0.05) is 19.2 Å². The van der Waals surface area contributed by atoms with Gasteiger partial charge in [-0.1, -0.05) is 11.6 Å². The van der Waals surface area contributed by atoms with Gasteiger partial charge in [0.05, 0.1) is 16.8 Å². The predicted octanol–water partition coefficient (Wildman–Crippen LogP) is 2.33. The van der Waals surface area contributed by atoms with E-state index in [4.69, 9.17) is 16.3 Å². The largest absolute Gasteiger partial charge is 0.383 e. The Hall–Kier alpha value is -1.17. The minimum atomic E-state index is -0.131. The quantitative estimate of drug-likeness (QED) is 0.868. The average molecular weight is 271 g/mol. The number of aromatic nitrogens is 1. The highest BCUT2D eigenvalue weighted by Gasteiger charge is 2.08. The standard InChI is InChI=1S/C11H11ClN2O2S/c1-16-5-4-13-10(15)7-2-3-9-8(6-7)14-11(12)17-9/h2-3,6H,4-5H2,1H3,(H,13,15). The number of ether oxygens (including phenoxy) is 1. The smallest absolute Gasteiger partial charge is 0.251 e. The molecule has 6 heteroatoms. The minimum absolute atomic E-state index is 0.131. The van der Waals surface area contributed by atoms with Gasteiger partial charge in [0.15, 0.2) is 4.47 Å². The molecular formula is C11H11ClN2O2S. The molecule has 0 aliphatic carbocycles. The van der Waals surface area contributed by atoms with Gasteiger partial charge in [0.2, 0.25) is 0 Å². The van der Waals surface area contributed by atoms with Crippen molar-refractivity contribution < 1.29 is 9.53 Å². The van der Waals surface area contributed by atoms with Gasteiger partial charge in [-0.05, 0) is 18.2 Å². The molecule has 0 atom stereocenters. The predicted molar refractivity (Wildman–Crippen MR) is 68.8 cm³/mol. The summed E-state index contributed by atoms with van der Waals surface area (Å²) in [5, 5.41) is 2.75. The molecule has 0 fully saturated rings. The van der Waals surface area contributed by atoms with E-state index < -0.39 is 0 Å². The molecule has 1 aromatic heterocycles. The van der Waals surface area contributed by atoms with Gasteiger partial charge >= 0.3 is 0 Å². The highest BCUT2D eigenvalue weighted by molar-refractivity contribution is 7.22. The van der Waals surface area contributed by atoms with Crippen LogP contribution in [0.2, 0.25) is 4.47 Å². The van der Waals surface area contributed by atoms with Gasteiger partial charge in [0.1, 0.15) is 0 Å². The summed E-state index contributed by atoms with van der Waals surface area (Å²) < 4.78 is 6.32. The van der Waals surface area contributed by atoms with Gasteiger partial charge < -0.3 is 10.1 Å². The van der Waals surface area contributed by atoms with Crippen LogP contribution in [0.15, 0.2) is 18.2 Å². The second-order valence-electron chi connectivity index (χ2n) is 3.40. The van der Waals surface area contributed by atoms with E-state index >= 15 is 0 Å². The Bertz CT molecular complexity index is 541. The normalized spacial score (nSPS) is 10.7. The van der Waals surface area contributed by atoms with Crippen LogP contribution in [0.1, 0.15) is 10.4 Å². The van der Waals surface area contributed by atoms with Crippen molar-refractivity contribution in [3.05, 3.63) is 28.2 Å². The molecule has 90 valence electrons. The summed E-state index contributed by atoms with van der Waals surface area (Å²) in [4.78, 5) is 15.9. The number of carbonyl (C=O) groups excluding carboxylic acids is 1. The van der Waals surface area contributed by atoms with E-state index in [0.717, 1.165) is 10.2 Å². The number of methoxy groups -OCH3 is 1. The van der Waals surface area contributed by atoms with Crippen molar-refractivity contribution in [2.24, 2.45) is 0 Å². The molecule has 4 nitrogen and oxygen atoms in total. The Morgan fingerprint density at radius 3 is 3.18 bits per heavy atom. The van der Waals surface area contributed by atoms with Crippen molar-refractivity contribution in [1.82, 2.24) is 10.3 Å². The Labute approximate surface area is 108 Å². The van der Waals surface area contributed by atoms with Crippen molar-refractivity contribution >= 4 is 39.1 Å². The summed E-state index contributed by atoms with van der Waals surface area (Å²) in [5.74, 6) is -0.131. The van der Waals surface area contributed by atoms with Crippen LogP contribution in [0.5, 0.6) is 0 Å². The van der Waals surface area contributed by atoms with E-state index in [-0.39, 0.29) is 5.91 Å². The minimum Gasteiger partial charge on any atom is -0.383 e. The molecule has 0 aliphatic rings. The van der Waals surface area contributed by atoms with Gasteiger partial charge in [0.25, 0.3) is 5.91 Å². The zero-order chi connectivity index (χ0) is 12.3. The summed E-state index contributed by atoms with van der Waals surface area (Å²) in [6.07, 6.45) is 0. The zero-order valence-corrected chi connectivity index (χ0v) is 10.8. The number of hydrogen-bond donors (Lipinski definition) is 1. The molecule has 0 unspecified atom stereocenters. The molecule has 1 amide bonds. The van der Waals surface area contributed by atoms with Gasteiger partial charge in [-0.25, -0.2) is 4.98 Å². The Morgan fingerprint density at radius 2 is 2.41 bits per heavy atom. The monoisotopic (exact) mass is 270 g/mol. The SMILES string of the molecule is COCCNC(=O)c1ccc2sc(Cl)nc2c1. The lowest BCUT2D eigenvalue weighted by Crippen LogP contribution is -2.26. The first-order chi connectivity index (χ1) is 8.20. The molecule has 17 heavy (non-hydrogen) atoms. The number of thiazole rings is 1. The third-order valence-electron chi connectivity index (χ3n) is 2.22. The van der Waals surface area contributed by atoms with Crippen molar-refractivity contribution in [2.45, 2.75) is 0 Å². The zero-order valence-electron chi connectivity index (χ0n) is 9.20. The molecule has 0 aliphatic heterocycles. The molecule has 0 bridgehead atoms. The van der Waals surface area contributed by atoms with Crippen LogP contribution in [0.3, 0.4) is 0 Å². The van der Waals surface area contributed by atoms with Crippen molar-refractivity contribution in [3.63, 3.8) is 0 Å². The Morgan fingerprint density at radius 1 is 1.59 bits per heavy atom. The molecule has 0 saturated heterocycles. The molecule has 2 aromatic rings. The fraction of sp³-hybridized carbons (Fsp3) is 0.273. The van der Waals surface area contributed by atoms with E-state index in [1.54, 1.807) is 19.2 Å². The second-order valence-corrected chi connectivity index (χ2v) is 5.01. The van der Waals surface area contributed by atoms with Gasteiger partial charge in [-0.2, -0.15) is 0 Å². The van der Waals surface area contributed by atoms with Crippen LogP contribution in [0.4, 0.5) is 0 Å². The molecule has 0 saturated carbocycles. The number of carbonyl (C=O) groups is 1. The Kier molecular flexibility index (Phi) is 3.93. The van der Waals surface area contributed by atoms with E-state index in [0.29, 0.717) is 23.2 Å². The second kappa shape index (κ2) is 5.44. The third kappa shape index (κ3) is 2.94. The first-order valence-electron chi connectivity index (χ1n) is 5.04. The molecule has 0 spiro atoms. The maximum atomic E-state index is 11.7. The first kappa shape index (κ1) is 12.3. The van der Waals surface area contributed by atoms with Crippen LogP contribution in [-0.4, -0.2) is 31.2 Å². The number of fused-ring (bicyclic) bond motifs is 1. The summed E-state index contributed by atoms with van der Waals surface area (Å²) in [6.45, 7) is 0.988. The molecule has 0 radical (unpaired) electrons. The highest BCUT2D eigenvalue weighted by atomic mass is 35.5. The van der Waals surface area contributed by atoms with Crippen LogP contribution in [0, 0.1) is 0 Å². The van der Waals surface area contributed by atoms with Gasteiger partial charge in [-0.15, -0.1) is 11.3 Å². The molecular weight excluding hydrogens is 260 g/mol. The van der Waals surface area contributed by atoms with Crippen LogP contribution in [-0.2, 0) is 4.74 Å². The third-order valence-corrected chi connectivity index (χ3v) is 3.36. The number of hydrogen-bond acceptors (Lipinski definition) is 4. The number of benzene rings is 1. The number of nitrogens with one attached hydrogen (secondary N) is 1. The van der Waals surface area contributed by atoms with E-state index in [2.05, 4.69) is 10.3 Å². The maximum Gasteiger partial charge on any atom is 0.251 e. The van der Waals surface area contributed by atoms with E-state index in [9.17, 15) is 4.79 Å². The summed E-state index contributed by atoms with van der Waals surface area (Å²) >= 11 is 7.20. The lowest BCUT2D eigenvalue weighted by Gasteiger charge is -2.03. The number of halogens is 1. The highest BCUT2D eigenvalue weighted by Crippen LogP contribution is 2.26. The van der Waals surface area contributed by atoms with Crippen molar-refractivity contribution in [3.8, 4) is 0 Å². The summed E-state index contributed by atoms with van der Waals surface area (Å²) in [6, 6.07) is 5.35. The molecule has 2 rings (SSSR count). The number of nitrogens with zero attached hydrogens (tertiary/aromatic N) is 1. The molecule has 1 heterocycles. The lowest BCUT2D eigenvalue weighted by atomic mass is 10.2. The molecule has 1 N–H and O–H groups in total. The van der Waals surface area contributed by atoms with E-state index in [1.807, 2.05) is 6.07 Å². The topological polar surface area (TPSA) is 51.2 Å². The molecule has 1 aromatic carbocycles. The first-order valence-corrected chi connectivity index (χ1v) is 6.23. The number of amides is 1. The summed E-state index contributed by atoms with van der Waals surface area (Å²) in [5.41, 5.74) is 1.33. The number of rotatable bonds is 4. The Balaban J connectivity index is 2.15. The van der Waals surface area contributed by atoms with Crippen molar-refractivity contribution in [1.29, 1.82) is 0 Å². The maximum absolute atomic E-state index is 11.7. The lowest BCUT2D eigenvalue weighted by molar-refractivity contribution is 0.0937. The van der Waals surface area contributed by atoms with Crippen LogP contribution >= 0.6 is 22.9 Å². The van der Waals surface area contributed by atoms with Crippen LogP contribution in [0.25, 0.3) is 10.2 Å². The average Bonchev–Trinajstić information content (AvgIpc) is 2.68. The fourth-order valence-electron chi connectivity index (χ4n) is 1.41. The summed E-state index contributed by atoms with van der Waals surface area (Å²) in [7, 11) is 1.59.